The Balaban J connectivity index is 0.00000364. The molecule has 0 bridgehead atoms. The number of aliphatic imine (C=N–C) groups is 1. The van der Waals surface area contributed by atoms with E-state index in [9.17, 15) is 0 Å². The summed E-state index contributed by atoms with van der Waals surface area (Å²) in [6, 6.07) is 15.4. The average Bonchev–Trinajstić information content (AvgIpc) is 2.63. The molecule has 7 heteroatoms. The normalized spacial score (nSPS) is 11.0. The number of nitrogens with two attached hydrogens (primary N) is 1. The van der Waals surface area contributed by atoms with Crippen molar-refractivity contribution in [1.29, 1.82) is 0 Å². The van der Waals surface area contributed by atoms with Gasteiger partial charge < -0.3 is 25.3 Å². The lowest BCUT2D eigenvalue weighted by atomic mass is 10.2. The van der Waals surface area contributed by atoms with E-state index < -0.39 is 0 Å². The third-order valence-corrected chi connectivity index (χ3v) is 3.44. The second kappa shape index (κ2) is 12.4. The highest BCUT2D eigenvalue weighted by Crippen LogP contribution is 2.16. The number of benzene rings is 2. The highest BCUT2D eigenvalue weighted by Gasteiger charge is 1.99. The summed E-state index contributed by atoms with van der Waals surface area (Å²) in [5, 5.41) is 3.05. The van der Waals surface area contributed by atoms with Crippen molar-refractivity contribution in [1.82, 2.24) is 0 Å². The monoisotopic (exact) mass is 485 g/mol. The van der Waals surface area contributed by atoms with E-state index >= 15 is 0 Å². The molecule has 0 unspecified atom stereocenters. The van der Waals surface area contributed by atoms with Gasteiger partial charge in [0.05, 0.1) is 33.0 Å². The largest absolute Gasteiger partial charge is 0.497 e. The van der Waals surface area contributed by atoms with Gasteiger partial charge in [0.15, 0.2) is 5.96 Å². The van der Waals surface area contributed by atoms with Crippen molar-refractivity contribution in [2.24, 2.45) is 10.7 Å². The van der Waals surface area contributed by atoms with E-state index in [0.29, 0.717) is 25.7 Å². The van der Waals surface area contributed by atoms with Gasteiger partial charge in [-0.05, 0) is 55.8 Å². The van der Waals surface area contributed by atoms with Gasteiger partial charge in [-0.2, -0.15) is 0 Å². The zero-order chi connectivity index (χ0) is 18.8. The second-order valence-corrected chi connectivity index (χ2v) is 5.98. The van der Waals surface area contributed by atoms with Crippen LogP contribution in [0, 0.1) is 0 Å². The molecule has 0 heterocycles. The summed E-state index contributed by atoms with van der Waals surface area (Å²) >= 11 is 0. The van der Waals surface area contributed by atoms with Crippen LogP contribution in [0.3, 0.4) is 0 Å². The first-order valence-corrected chi connectivity index (χ1v) is 8.61. The van der Waals surface area contributed by atoms with Crippen molar-refractivity contribution in [3.05, 3.63) is 54.1 Å². The van der Waals surface area contributed by atoms with Gasteiger partial charge in [0, 0.05) is 5.69 Å². The Bertz CT molecular complexity index is 689. The molecule has 2 rings (SSSR count). The zero-order valence-electron chi connectivity index (χ0n) is 16.0. The van der Waals surface area contributed by atoms with Gasteiger partial charge in [0.2, 0.25) is 0 Å². The minimum Gasteiger partial charge on any atom is -0.497 e. The minimum atomic E-state index is 0. The fourth-order valence-corrected chi connectivity index (χ4v) is 2.22. The second-order valence-electron chi connectivity index (χ2n) is 5.98. The Kier molecular flexibility index (Phi) is 10.6. The Labute approximate surface area is 178 Å². The molecule has 0 radical (unpaired) electrons. The maximum Gasteiger partial charge on any atom is 0.193 e. The third-order valence-electron chi connectivity index (χ3n) is 3.44. The fourth-order valence-electron chi connectivity index (χ4n) is 2.22. The molecule has 0 amide bonds. The molecule has 0 saturated heterocycles. The van der Waals surface area contributed by atoms with Crippen LogP contribution in [0.2, 0.25) is 0 Å². The van der Waals surface area contributed by atoms with Crippen LogP contribution in [0.5, 0.6) is 11.5 Å². The third kappa shape index (κ3) is 8.96. The van der Waals surface area contributed by atoms with Crippen molar-refractivity contribution in [2.45, 2.75) is 26.6 Å². The number of halogens is 1. The van der Waals surface area contributed by atoms with Crippen molar-refractivity contribution in [3.63, 3.8) is 0 Å². The average molecular weight is 485 g/mol. The molecule has 0 aliphatic heterocycles. The lowest BCUT2D eigenvalue weighted by molar-refractivity contribution is 0.128. The SMILES string of the molecule is COc1ccc(COCCN=C(N)Nc2ccc(OC(C)C)cc2)cc1.I. The van der Waals surface area contributed by atoms with Crippen LogP contribution >= 0.6 is 24.0 Å². The van der Waals surface area contributed by atoms with E-state index in [1.165, 1.54) is 0 Å². The molecular weight excluding hydrogens is 457 g/mol. The number of hydrogen-bond acceptors (Lipinski definition) is 4. The predicted octanol–water partition coefficient (Wildman–Crippen LogP) is 4.04. The van der Waals surface area contributed by atoms with Crippen molar-refractivity contribution >= 4 is 35.6 Å². The minimum absolute atomic E-state index is 0. The summed E-state index contributed by atoms with van der Waals surface area (Å²) in [4.78, 5) is 4.26. The predicted molar refractivity (Wildman–Crippen MR) is 120 cm³/mol. The topological polar surface area (TPSA) is 78.1 Å². The van der Waals surface area contributed by atoms with E-state index in [0.717, 1.165) is 22.7 Å². The number of nitrogens with one attached hydrogen (secondary N) is 1. The standard InChI is InChI=1S/C20H27N3O3.HI/c1-15(2)26-19-10-6-17(7-11-19)23-20(21)22-12-13-25-14-16-4-8-18(24-3)9-5-16;/h4-11,15H,12-14H2,1-3H3,(H3,21,22,23);1H. The Morgan fingerprint density at radius 3 is 2.26 bits per heavy atom. The molecule has 0 saturated carbocycles. The molecule has 0 atom stereocenters. The van der Waals surface area contributed by atoms with Crippen LogP contribution in [-0.4, -0.2) is 32.3 Å². The van der Waals surface area contributed by atoms with Crippen LogP contribution < -0.4 is 20.5 Å². The van der Waals surface area contributed by atoms with E-state index in [1.54, 1.807) is 7.11 Å². The molecule has 3 N–H and O–H groups in total. The smallest absolute Gasteiger partial charge is 0.193 e. The number of nitrogens with zero attached hydrogens (tertiary/aromatic N) is 1. The van der Waals surface area contributed by atoms with E-state index in [2.05, 4.69) is 10.3 Å². The molecular formula is C20H28IN3O3. The van der Waals surface area contributed by atoms with Gasteiger partial charge in [0.25, 0.3) is 0 Å². The Morgan fingerprint density at radius 1 is 1.04 bits per heavy atom. The fraction of sp³-hybridized carbons (Fsp3) is 0.350. The number of hydrogen-bond donors (Lipinski definition) is 2. The van der Waals surface area contributed by atoms with Crippen LogP contribution in [0.25, 0.3) is 0 Å². The molecule has 0 aromatic heterocycles. The van der Waals surface area contributed by atoms with Crippen LogP contribution in [0.1, 0.15) is 19.4 Å². The highest BCUT2D eigenvalue weighted by atomic mass is 127. The van der Waals surface area contributed by atoms with Gasteiger partial charge in [0.1, 0.15) is 11.5 Å². The first-order chi connectivity index (χ1) is 12.6. The Hall–Kier alpha value is -2.00. The molecule has 148 valence electrons. The van der Waals surface area contributed by atoms with Crippen LogP contribution in [-0.2, 0) is 11.3 Å². The van der Waals surface area contributed by atoms with E-state index in [1.807, 2.05) is 62.4 Å². The van der Waals surface area contributed by atoms with Gasteiger partial charge in [-0.1, -0.05) is 12.1 Å². The summed E-state index contributed by atoms with van der Waals surface area (Å²) < 4.78 is 16.3. The maximum atomic E-state index is 5.89. The molecule has 6 nitrogen and oxygen atoms in total. The van der Waals surface area contributed by atoms with Gasteiger partial charge in [-0.15, -0.1) is 24.0 Å². The number of guanidine groups is 1. The van der Waals surface area contributed by atoms with Crippen LogP contribution in [0.4, 0.5) is 5.69 Å². The molecule has 0 fully saturated rings. The van der Waals surface area contributed by atoms with Gasteiger partial charge in [-0.3, -0.25) is 4.99 Å². The number of ether oxygens (including phenoxy) is 3. The molecule has 2 aromatic rings. The summed E-state index contributed by atoms with van der Waals surface area (Å²) in [6.45, 7) is 5.50. The van der Waals surface area contributed by atoms with Gasteiger partial charge >= 0.3 is 0 Å². The van der Waals surface area contributed by atoms with Crippen LogP contribution in [0.15, 0.2) is 53.5 Å². The molecule has 0 aliphatic rings. The lowest BCUT2D eigenvalue weighted by Crippen LogP contribution is -2.23. The molecule has 0 spiro atoms. The van der Waals surface area contributed by atoms with Gasteiger partial charge in [-0.25, -0.2) is 0 Å². The summed E-state index contributed by atoms with van der Waals surface area (Å²) in [5.74, 6) is 2.02. The zero-order valence-corrected chi connectivity index (χ0v) is 18.3. The lowest BCUT2D eigenvalue weighted by Gasteiger charge is -2.11. The highest BCUT2D eigenvalue weighted by molar-refractivity contribution is 14.0. The number of anilines is 1. The number of rotatable bonds is 9. The maximum absolute atomic E-state index is 5.89. The first kappa shape index (κ1) is 23.0. The van der Waals surface area contributed by atoms with Crippen molar-refractivity contribution in [3.8, 4) is 11.5 Å². The summed E-state index contributed by atoms with van der Waals surface area (Å²) in [5.41, 5.74) is 7.84. The van der Waals surface area contributed by atoms with Crippen molar-refractivity contribution in [2.75, 3.05) is 25.6 Å². The van der Waals surface area contributed by atoms with E-state index in [4.69, 9.17) is 19.9 Å². The molecule has 27 heavy (non-hydrogen) atoms. The number of methoxy groups -OCH3 is 1. The summed E-state index contributed by atoms with van der Waals surface area (Å²) in [6.07, 6.45) is 0.151. The summed E-state index contributed by atoms with van der Waals surface area (Å²) in [7, 11) is 1.65. The quantitative estimate of drug-likeness (QED) is 0.243. The van der Waals surface area contributed by atoms with E-state index in [-0.39, 0.29) is 30.1 Å². The molecule has 0 aliphatic carbocycles. The first-order valence-electron chi connectivity index (χ1n) is 8.61. The Morgan fingerprint density at radius 2 is 1.67 bits per heavy atom. The van der Waals surface area contributed by atoms with Crippen molar-refractivity contribution < 1.29 is 14.2 Å². The molecule has 2 aromatic carbocycles.